The monoisotopic (exact) mass is 361 g/mol. The van der Waals surface area contributed by atoms with Gasteiger partial charge in [0.05, 0.1) is 11.7 Å². The van der Waals surface area contributed by atoms with E-state index >= 15 is 0 Å². The molecular formula is C19H27N3O4. The van der Waals surface area contributed by atoms with E-state index in [1.54, 1.807) is 11.8 Å². The Kier molecular flexibility index (Phi) is 5.18. The Labute approximate surface area is 153 Å². The Morgan fingerprint density at radius 1 is 1.31 bits per heavy atom. The molecule has 142 valence electrons. The topological polar surface area (TPSA) is 91.5 Å². The van der Waals surface area contributed by atoms with Gasteiger partial charge in [0.25, 0.3) is 11.5 Å². The summed E-state index contributed by atoms with van der Waals surface area (Å²) in [6, 6.07) is 1.83. The number of aryl methyl sites for hydroxylation is 2. The first-order chi connectivity index (χ1) is 12.3. The molecule has 0 bridgehead atoms. The van der Waals surface area contributed by atoms with Gasteiger partial charge in [0.15, 0.2) is 0 Å². The number of hydrogen-bond acceptors (Lipinski definition) is 4. The van der Waals surface area contributed by atoms with Crippen LogP contribution in [0.25, 0.3) is 0 Å². The van der Waals surface area contributed by atoms with E-state index in [4.69, 9.17) is 4.74 Å². The number of carbonyl (C=O) groups is 2. The fraction of sp³-hybridized carbons (Fsp3) is 0.632. The fourth-order valence-corrected chi connectivity index (χ4v) is 4.06. The highest BCUT2D eigenvalue weighted by atomic mass is 16.5. The van der Waals surface area contributed by atoms with Crippen molar-refractivity contribution in [3.05, 3.63) is 33.2 Å². The van der Waals surface area contributed by atoms with Gasteiger partial charge in [-0.25, -0.2) is 0 Å². The van der Waals surface area contributed by atoms with Crippen LogP contribution in [0.1, 0.15) is 54.2 Å². The molecule has 1 atom stereocenters. The molecule has 1 aromatic rings. The van der Waals surface area contributed by atoms with E-state index in [0.29, 0.717) is 25.2 Å². The van der Waals surface area contributed by atoms with E-state index in [2.05, 4.69) is 10.3 Å². The highest BCUT2D eigenvalue weighted by Gasteiger charge is 2.43. The largest absolute Gasteiger partial charge is 0.370 e. The van der Waals surface area contributed by atoms with E-state index in [9.17, 15) is 14.4 Å². The van der Waals surface area contributed by atoms with Gasteiger partial charge in [-0.3, -0.25) is 14.4 Å². The maximum absolute atomic E-state index is 12.8. The Morgan fingerprint density at radius 2 is 2.00 bits per heavy atom. The number of pyridine rings is 1. The normalized spacial score (nSPS) is 21.8. The van der Waals surface area contributed by atoms with E-state index in [1.807, 2.05) is 13.0 Å². The first kappa shape index (κ1) is 18.6. The summed E-state index contributed by atoms with van der Waals surface area (Å²) < 4.78 is 6.22. The maximum atomic E-state index is 12.8. The third-order valence-electron chi connectivity index (χ3n) is 5.46. The molecule has 7 nitrogen and oxygen atoms in total. The number of H-pyrrole nitrogens is 1. The number of likely N-dealkylation sites (tertiary alicyclic amines) is 1. The first-order valence-electron chi connectivity index (χ1n) is 9.22. The lowest BCUT2D eigenvalue weighted by Gasteiger charge is -2.39. The molecule has 2 amide bonds. The van der Waals surface area contributed by atoms with Gasteiger partial charge < -0.3 is 19.9 Å². The van der Waals surface area contributed by atoms with E-state index in [0.717, 1.165) is 31.4 Å². The van der Waals surface area contributed by atoms with Crippen molar-refractivity contribution in [3.8, 4) is 0 Å². The molecule has 0 saturated carbocycles. The van der Waals surface area contributed by atoms with Crippen molar-refractivity contribution in [2.24, 2.45) is 0 Å². The minimum absolute atomic E-state index is 0.0448. The quantitative estimate of drug-likeness (QED) is 0.848. The molecule has 7 heteroatoms. The number of amides is 2. The van der Waals surface area contributed by atoms with Crippen LogP contribution >= 0.6 is 0 Å². The van der Waals surface area contributed by atoms with Gasteiger partial charge >= 0.3 is 0 Å². The van der Waals surface area contributed by atoms with Gasteiger partial charge in [-0.15, -0.1) is 0 Å². The number of aromatic amines is 1. The molecular weight excluding hydrogens is 334 g/mol. The van der Waals surface area contributed by atoms with Gasteiger partial charge in [0, 0.05) is 32.3 Å². The summed E-state index contributed by atoms with van der Waals surface area (Å²) in [5.74, 6) is -0.250. The Morgan fingerprint density at radius 3 is 2.62 bits per heavy atom. The molecule has 2 aliphatic heterocycles. The lowest BCUT2D eigenvalue weighted by Crippen LogP contribution is -2.48. The molecule has 0 radical (unpaired) electrons. The number of carbonyl (C=O) groups excluding carboxylic acids is 2. The molecule has 1 spiro atoms. The van der Waals surface area contributed by atoms with Crippen LogP contribution in [0.3, 0.4) is 0 Å². The van der Waals surface area contributed by atoms with E-state index in [-0.39, 0.29) is 34.6 Å². The molecule has 2 fully saturated rings. The van der Waals surface area contributed by atoms with Crippen LogP contribution in [-0.4, -0.2) is 53.0 Å². The number of piperidine rings is 1. The predicted octanol–water partition coefficient (Wildman–Crippen LogP) is 1.28. The average Bonchev–Trinajstić information content (AvgIpc) is 2.95. The van der Waals surface area contributed by atoms with Crippen LogP contribution in [0.2, 0.25) is 0 Å². The van der Waals surface area contributed by atoms with Gasteiger partial charge in [-0.1, -0.05) is 0 Å². The number of ether oxygens (including phenoxy) is 1. The minimum Gasteiger partial charge on any atom is -0.370 e. The third-order valence-corrected chi connectivity index (χ3v) is 5.46. The summed E-state index contributed by atoms with van der Waals surface area (Å²) >= 11 is 0. The zero-order chi connectivity index (χ0) is 18.9. The molecule has 2 N–H and O–H groups in total. The third kappa shape index (κ3) is 3.82. The highest BCUT2D eigenvalue weighted by Crippen LogP contribution is 2.38. The molecule has 0 aromatic carbocycles. The summed E-state index contributed by atoms with van der Waals surface area (Å²) in [7, 11) is 0. The summed E-state index contributed by atoms with van der Waals surface area (Å²) in [5.41, 5.74) is 1.19. The SMILES string of the molecule is CC(=O)NC[C@@H]1CCC2(CCN(C(=O)c3c(C)cc(C)[nH]c3=O)CC2)O1. The van der Waals surface area contributed by atoms with E-state index in [1.165, 1.54) is 6.92 Å². The van der Waals surface area contributed by atoms with Crippen molar-refractivity contribution < 1.29 is 14.3 Å². The summed E-state index contributed by atoms with van der Waals surface area (Å²) in [4.78, 5) is 40.5. The Hall–Kier alpha value is -2.15. The zero-order valence-electron chi connectivity index (χ0n) is 15.7. The second-order valence-electron chi connectivity index (χ2n) is 7.53. The van der Waals surface area contributed by atoms with Crippen LogP contribution in [0, 0.1) is 13.8 Å². The van der Waals surface area contributed by atoms with Crippen molar-refractivity contribution in [2.45, 2.75) is 58.2 Å². The molecule has 2 saturated heterocycles. The minimum atomic E-state index is -0.319. The molecule has 3 rings (SSSR count). The molecule has 3 heterocycles. The second-order valence-corrected chi connectivity index (χ2v) is 7.53. The summed E-state index contributed by atoms with van der Waals surface area (Å²) in [5, 5.41) is 2.81. The van der Waals surface area contributed by atoms with Crippen molar-refractivity contribution >= 4 is 11.8 Å². The van der Waals surface area contributed by atoms with Crippen molar-refractivity contribution in [3.63, 3.8) is 0 Å². The number of aromatic nitrogens is 1. The summed E-state index contributed by atoms with van der Waals surface area (Å²) in [6.45, 7) is 6.81. The van der Waals surface area contributed by atoms with Gasteiger partial charge in [0.1, 0.15) is 5.56 Å². The molecule has 0 unspecified atom stereocenters. The number of nitrogens with one attached hydrogen (secondary N) is 2. The van der Waals surface area contributed by atoms with Crippen LogP contribution in [0.4, 0.5) is 0 Å². The molecule has 2 aliphatic rings. The molecule has 1 aromatic heterocycles. The van der Waals surface area contributed by atoms with Crippen LogP contribution in [0.5, 0.6) is 0 Å². The predicted molar refractivity (Wildman–Crippen MR) is 97.2 cm³/mol. The number of hydrogen-bond donors (Lipinski definition) is 2. The average molecular weight is 361 g/mol. The number of nitrogens with zero attached hydrogens (tertiary/aromatic N) is 1. The van der Waals surface area contributed by atoms with Gasteiger partial charge in [-0.2, -0.15) is 0 Å². The van der Waals surface area contributed by atoms with E-state index < -0.39 is 0 Å². The zero-order valence-corrected chi connectivity index (χ0v) is 15.7. The summed E-state index contributed by atoms with van der Waals surface area (Å²) in [6.07, 6.45) is 3.44. The lowest BCUT2D eigenvalue weighted by atomic mass is 9.88. The maximum Gasteiger partial charge on any atom is 0.261 e. The van der Waals surface area contributed by atoms with Crippen molar-refractivity contribution in [1.82, 2.24) is 15.2 Å². The second kappa shape index (κ2) is 7.23. The Bertz CT molecular complexity index is 763. The highest BCUT2D eigenvalue weighted by molar-refractivity contribution is 5.95. The number of rotatable bonds is 3. The van der Waals surface area contributed by atoms with Crippen LogP contribution in [0.15, 0.2) is 10.9 Å². The smallest absolute Gasteiger partial charge is 0.261 e. The lowest BCUT2D eigenvalue weighted by molar-refractivity contribution is -0.120. The molecule has 0 aliphatic carbocycles. The van der Waals surface area contributed by atoms with Gasteiger partial charge in [-0.05, 0) is 51.2 Å². The Balaban J connectivity index is 1.62. The molecule has 26 heavy (non-hydrogen) atoms. The van der Waals surface area contributed by atoms with Gasteiger partial charge in [0.2, 0.25) is 5.91 Å². The van der Waals surface area contributed by atoms with Crippen LogP contribution < -0.4 is 10.9 Å². The first-order valence-corrected chi connectivity index (χ1v) is 9.22. The van der Waals surface area contributed by atoms with Crippen LogP contribution in [-0.2, 0) is 9.53 Å². The standard InChI is InChI=1S/C19H27N3O4/c1-12-10-13(2)21-17(24)16(12)18(25)22-8-6-19(7-9-22)5-4-15(26-19)11-20-14(3)23/h10,15H,4-9,11H2,1-3H3,(H,20,23)(H,21,24)/t15-/m0/s1. The fourth-order valence-electron chi connectivity index (χ4n) is 4.06. The van der Waals surface area contributed by atoms with Crippen molar-refractivity contribution in [2.75, 3.05) is 19.6 Å². The van der Waals surface area contributed by atoms with Crippen molar-refractivity contribution in [1.29, 1.82) is 0 Å².